The Morgan fingerprint density at radius 2 is 1.60 bits per heavy atom. The summed E-state index contributed by atoms with van der Waals surface area (Å²) in [5.41, 5.74) is 1.02. The first-order valence-electron chi connectivity index (χ1n) is 6.21. The first kappa shape index (κ1) is 18.0. The lowest BCUT2D eigenvalue weighted by Gasteiger charge is -2.30. The van der Waals surface area contributed by atoms with Gasteiger partial charge in [0.1, 0.15) is 6.61 Å². The zero-order chi connectivity index (χ0) is 15.1. The van der Waals surface area contributed by atoms with Crippen molar-refractivity contribution >= 4 is 31.9 Å². The van der Waals surface area contributed by atoms with Crippen molar-refractivity contribution in [2.75, 3.05) is 23.9 Å². The number of benzene rings is 1. The van der Waals surface area contributed by atoms with Crippen molar-refractivity contribution in [1.82, 2.24) is 0 Å². The largest absolute Gasteiger partial charge is 0.411 e. The van der Waals surface area contributed by atoms with Gasteiger partial charge in [0.25, 0.3) is 0 Å². The molecule has 0 saturated heterocycles. The Bertz CT molecular complexity index is 378. The second-order valence-electron chi connectivity index (χ2n) is 4.85. The molecule has 0 aromatic heterocycles. The highest BCUT2D eigenvalue weighted by Crippen LogP contribution is 2.32. The molecule has 6 heteroatoms. The summed E-state index contributed by atoms with van der Waals surface area (Å²) in [4.78, 5) is 0. The minimum absolute atomic E-state index is 0.101. The third-order valence-electron chi connectivity index (χ3n) is 3.03. The monoisotopic (exact) mass is 416 g/mol. The summed E-state index contributed by atoms with van der Waals surface area (Å²) in [7, 11) is 0. The van der Waals surface area contributed by atoms with Gasteiger partial charge in [0.2, 0.25) is 0 Å². The lowest BCUT2D eigenvalue weighted by molar-refractivity contribution is -0.175. The molecular weight excluding hydrogens is 401 g/mol. The van der Waals surface area contributed by atoms with Gasteiger partial charge in [0, 0.05) is 17.3 Å². The third-order valence-corrected chi connectivity index (χ3v) is 5.41. The smallest absolute Gasteiger partial charge is 0.372 e. The summed E-state index contributed by atoms with van der Waals surface area (Å²) in [6.07, 6.45) is -2.90. The van der Waals surface area contributed by atoms with Gasteiger partial charge in [-0.3, -0.25) is 0 Å². The minimum atomic E-state index is -4.26. The van der Waals surface area contributed by atoms with Crippen molar-refractivity contribution < 1.29 is 17.9 Å². The molecule has 1 rings (SSSR count). The van der Waals surface area contributed by atoms with Crippen LogP contribution in [0.25, 0.3) is 0 Å². The van der Waals surface area contributed by atoms with Crippen molar-refractivity contribution in [3.8, 4) is 0 Å². The maximum Gasteiger partial charge on any atom is 0.411 e. The maximum absolute atomic E-state index is 12.0. The van der Waals surface area contributed by atoms with E-state index in [0.29, 0.717) is 17.1 Å². The average Bonchev–Trinajstić information content (AvgIpc) is 2.42. The van der Waals surface area contributed by atoms with Gasteiger partial charge in [-0.2, -0.15) is 13.2 Å². The van der Waals surface area contributed by atoms with E-state index in [1.165, 1.54) is 5.56 Å². The van der Waals surface area contributed by atoms with Crippen LogP contribution in [0.5, 0.6) is 0 Å². The quantitative estimate of drug-likeness (QED) is 0.428. The van der Waals surface area contributed by atoms with Crippen LogP contribution in [0, 0.1) is 5.41 Å². The Hall–Kier alpha value is -0.0700. The van der Waals surface area contributed by atoms with Gasteiger partial charge in [0.05, 0.1) is 0 Å². The number of rotatable bonds is 8. The van der Waals surface area contributed by atoms with E-state index >= 15 is 0 Å². The molecule has 0 aliphatic carbocycles. The maximum atomic E-state index is 12.0. The molecule has 0 spiro atoms. The molecule has 0 aliphatic rings. The molecule has 0 amide bonds. The second-order valence-corrected chi connectivity index (χ2v) is 5.97. The molecule has 1 aromatic rings. The molecule has 0 radical (unpaired) electrons. The summed E-state index contributed by atoms with van der Waals surface area (Å²) in [5.74, 6) is 0. The van der Waals surface area contributed by atoms with E-state index in [4.69, 9.17) is 4.74 Å². The van der Waals surface area contributed by atoms with Crippen LogP contribution in [0.2, 0.25) is 0 Å². The predicted molar refractivity (Wildman–Crippen MR) is 81.7 cm³/mol. The summed E-state index contributed by atoms with van der Waals surface area (Å²) in [6.45, 7) is -1.08. The third kappa shape index (κ3) is 6.59. The number of hydrogen-bond acceptors (Lipinski definition) is 1. The number of alkyl halides is 5. The van der Waals surface area contributed by atoms with Gasteiger partial charge in [-0.15, -0.1) is 0 Å². The van der Waals surface area contributed by atoms with Crippen molar-refractivity contribution in [2.45, 2.75) is 19.0 Å². The highest BCUT2D eigenvalue weighted by Gasteiger charge is 2.30. The van der Waals surface area contributed by atoms with Crippen molar-refractivity contribution in [2.24, 2.45) is 5.41 Å². The fourth-order valence-electron chi connectivity index (χ4n) is 1.86. The zero-order valence-electron chi connectivity index (χ0n) is 10.9. The Balaban J connectivity index is 2.54. The molecule has 0 unspecified atom stereocenters. The average molecular weight is 418 g/mol. The van der Waals surface area contributed by atoms with Crippen LogP contribution in [-0.4, -0.2) is 30.1 Å². The Morgan fingerprint density at radius 3 is 2.10 bits per heavy atom. The SMILES string of the molecule is FC(F)(F)COCCC(CBr)(CBr)Cc1ccccc1. The van der Waals surface area contributed by atoms with Crippen LogP contribution < -0.4 is 0 Å². The van der Waals surface area contributed by atoms with Crippen LogP contribution in [0.1, 0.15) is 12.0 Å². The number of halogens is 5. The molecule has 0 heterocycles. The van der Waals surface area contributed by atoms with Crippen LogP contribution in [0.3, 0.4) is 0 Å². The van der Waals surface area contributed by atoms with Crippen molar-refractivity contribution in [1.29, 1.82) is 0 Å². The Morgan fingerprint density at radius 1 is 1.00 bits per heavy atom. The molecule has 0 atom stereocenters. The molecule has 0 bridgehead atoms. The summed E-state index contributed by atoms with van der Waals surface area (Å²) < 4.78 is 40.9. The zero-order valence-corrected chi connectivity index (χ0v) is 14.1. The van der Waals surface area contributed by atoms with Gasteiger partial charge < -0.3 is 4.74 Å². The second kappa shape index (κ2) is 8.39. The molecule has 1 nitrogen and oxygen atoms in total. The molecule has 20 heavy (non-hydrogen) atoms. The van der Waals surface area contributed by atoms with Crippen LogP contribution in [0.15, 0.2) is 30.3 Å². The van der Waals surface area contributed by atoms with E-state index in [0.717, 1.165) is 6.42 Å². The molecule has 0 aliphatic heterocycles. The highest BCUT2D eigenvalue weighted by atomic mass is 79.9. The first-order valence-corrected chi connectivity index (χ1v) is 8.45. The van der Waals surface area contributed by atoms with E-state index in [9.17, 15) is 13.2 Å². The first-order chi connectivity index (χ1) is 9.41. The predicted octanol–water partition coefficient (Wildman–Crippen LogP) is 4.97. The summed E-state index contributed by atoms with van der Waals surface area (Å²) in [5, 5.41) is 1.41. The summed E-state index contributed by atoms with van der Waals surface area (Å²) >= 11 is 6.95. The van der Waals surface area contributed by atoms with Gasteiger partial charge >= 0.3 is 6.18 Å². The Labute approximate surface area is 134 Å². The molecule has 1 aromatic carbocycles. The van der Waals surface area contributed by atoms with E-state index in [2.05, 4.69) is 31.9 Å². The standard InChI is InChI=1S/C14H17Br2F3O/c15-9-13(10-16,6-7-20-11-14(17,18)19)8-12-4-2-1-3-5-12/h1-5H,6-11H2. The fourth-order valence-corrected chi connectivity index (χ4v) is 3.74. The van der Waals surface area contributed by atoms with E-state index in [1.807, 2.05) is 30.3 Å². The van der Waals surface area contributed by atoms with Crippen LogP contribution >= 0.6 is 31.9 Å². The Kier molecular flexibility index (Phi) is 7.54. The van der Waals surface area contributed by atoms with E-state index in [-0.39, 0.29) is 12.0 Å². The molecule has 0 N–H and O–H groups in total. The number of ether oxygens (including phenoxy) is 1. The van der Waals surface area contributed by atoms with Gasteiger partial charge in [-0.05, 0) is 23.8 Å². The van der Waals surface area contributed by atoms with Crippen LogP contribution in [-0.2, 0) is 11.2 Å². The normalized spacial score (nSPS) is 12.7. The number of hydrogen-bond donors (Lipinski definition) is 0. The molecular formula is C14H17Br2F3O. The highest BCUT2D eigenvalue weighted by molar-refractivity contribution is 9.09. The van der Waals surface area contributed by atoms with Crippen molar-refractivity contribution in [3.05, 3.63) is 35.9 Å². The van der Waals surface area contributed by atoms with Gasteiger partial charge in [-0.1, -0.05) is 62.2 Å². The fraction of sp³-hybridized carbons (Fsp3) is 0.571. The molecule has 0 fully saturated rings. The minimum Gasteiger partial charge on any atom is -0.372 e. The topological polar surface area (TPSA) is 9.23 Å². The molecule has 0 saturated carbocycles. The van der Waals surface area contributed by atoms with Crippen LogP contribution in [0.4, 0.5) is 13.2 Å². The lowest BCUT2D eigenvalue weighted by Crippen LogP contribution is -2.30. The molecule has 114 valence electrons. The van der Waals surface area contributed by atoms with Gasteiger partial charge in [-0.25, -0.2) is 0 Å². The van der Waals surface area contributed by atoms with E-state index < -0.39 is 12.8 Å². The van der Waals surface area contributed by atoms with E-state index in [1.54, 1.807) is 0 Å². The van der Waals surface area contributed by atoms with Gasteiger partial charge in [0.15, 0.2) is 0 Å². The lowest BCUT2D eigenvalue weighted by atomic mass is 9.83. The van der Waals surface area contributed by atoms with Crippen molar-refractivity contribution in [3.63, 3.8) is 0 Å². The summed E-state index contributed by atoms with van der Waals surface area (Å²) in [6, 6.07) is 9.92.